The molecule has 9 rings (SSSR count). The molecule has 7 saturated heterocycles. The molecule has 7 heterocycles. The lowest BCUT2D eigenvalue weighted by molar-refractivity contribution is -0.181. The van der Waals surface area contributed by atoms with Gasteiger partial charge in [0.1, 0.15) is 64.5 Å². The van der Waals surface area contributed by atoms with Crippen molar-refractivity contribution in [2.75, 3.05) is 13.6 Å². The summed E-state index contributed by atoms with van der Waals surface area (Å²) in [5, 5.41) is 6.76. The minimum absolute atomic E-state index is 0.243. The van der Waals surface area contributed by atoms with E-state index in [1.165, 1.54) is 44.7 Å². The normalized spacial score (nSPS) is 30.3. The molecule has 0 aliphatic carbocycles. The number of hydrogen-bond donors (Lipinski definition) is 5. The predicted molar refractivity (Wildman–Crippen MR) is 281 cm³/mol. The lowest BCUT2D eigenvalue weighted by atomic mass is 9.95. The molecule has 0 aromatic heterocycles. The number of sulfone groups is 2. The van der Waals surface area contributed by atoms with Crippen LogP contribution in [0.15, 0.2) is 60.7 Å². The Morgan fingerprint density at radius 3 is 1.56 bits per heavy atom. The van der Waals surface area contributed by atoms with Crippen molar-refractivity contribution in [3.63, 3.8) is 0 Å². The van der Waals surface area contributed by atoms with Crippen molar-refractivity contribution in [1.82, 2.24) is 36.0 Å². The minimum Gasteiger partial charge on any atom is -0.427 e. The maximum absolute atomic E-state index is 14.8. The largest absolute Gasteiger partial charge is 0.427 e. The van der Waals surface area contributed by atoms with E-state index in [2.05, 4.69) is 21.3 Å². The smallest absolute Gasteiger partial charge is 0.333 e. The van der Waals surface area contributed by atoms with E-state index in [-0.39, 0.29) is 18.4 Å². The van der Waals surface area contributed by atoms with Gasteiger partial charge in [-0.3, -0.25) is 38.9 Å². The summed E-state index contributed by atoms with van der Waals surface area (Å²) < 4.78 is 67.7. The van der Waals surface area contributed by atoms with Gasteiger partial charge in [-0.1, -0.05) is 60.7 Å². The highest BCUT2D eigenvalue weighted by atomic mass is 32.2. The van der Waals surface area contributed by atoms with E-state index < -0.39 is 181 Å². The first-order valence-electron chi connectivity index (χ1n) is 25.2. The lowest BCUT2D eigenvalue weighted by Gasteiger charge is -2.44. The zero-order valence-electron chi connectivity index (χ0n) is 44.4. The van der Waals surface area contributed by atoms with Gasteiger partial charge in [0.2, 0.25) is 49.0 Å². The van der Waals surface area contributed by atoms with Crippen LogP contribution < -0.4 is 27.0 Å². The van der Waals surface area contributed by atoms with Gasteiger partial charge < -0.3 is 55.3 Å². The Bertz CT molecular complexity index is 3200. The van der Waals surface area contributed by atoms with E-state index in [4.69, 9.17) is 24.7 Å². The van der Waals surface area contributed by atoms with Crippen LogP contribution in [0, 0.1) is 0 Å². The molecule has 12 atom stereocenters. The Balaban J connectivity index is 0.872. The first kappa shape index (κ1) is 58.3. The minimum atomic E-state index is -3.94. The maximum Gasteiger partial charge on any atom is 0.333 e. The molecular formula is C50H60N8O18S4. The molecule has 0 saturated carbocycles. The molecule has 432 valence electrons. The Morgan fingerprint density at radius 2 is 1.07 bits per heavy atom. The van der Waals surface area contributed by atoms with Crippen LogP contribution in [0.4, 0.5) is 0 Å². The van der Waals surface area contributed by atoms with Crippen LogP contribution in [-0.4, -0.2) is 181 Å². The Labute approximate surface area is 468 Å². The average Bonchev–Trinajstić information content (AvgIpc) is 3.75. The first-order valence-corrected chi connectivity index (χ1v) is 30.1. The van der Waals surface area contributed by atoms with E-state index >= 15 is 0 Å². The molecule has 80 heavy (non-hydrogen) atoms. The zero-order chi connectivity index (χ0) is 58.6. The van der Waals surface area contributed by atoms with E-state index in [0.717, 1.165) is 33.3 Å². The zero-order valence-corrected chi connectivity index (χ0v) is 47.7. The predicted octanol–water partition coefficient (Wildman–Crippen LogP) is -1.26. The molecule has 26 nitrogen and oxygen atoms in total. The number of nitrogens with two attached hydrogens (primary N) is 1. The Morgan fingerprint density at radius 1 is 0.613 bits per heavy atom. The van der Waals surface area contributed by atoms with Gasteiger partial charge in [0.25, 0.3) is 0 Å². The summed E-state index contributed by atoms with van der Waals surface area (Å²) in [4.78, 5) is 139. The third-order valence-corrected chi connectivity index (χ3v) is 24.5. The molecule has 6 N–H and O–H groups in total. The Hall–Kier alpha value is -6.34. The molecule has 7 aliphatic rings. The second-order valence-electron chi connectivity index (χ2n) is 22.3. The average molecular weight is 1190 g/mol. The van der Waals surface area contributed by atoms with E-state index in [1.807, 2.05) is 0 Å². The lowest BCUT2D eigenvalue weighted by Crippen LogP contribution is -2.71. The number of amides is 6. The fourth-order valence-corrected chi connectivity index (χ4v) is 18.6. The summed E-state index contributed by atoms with van der Waals surface area (Å²) in [7, 11) is -7.87. The number of carbonyl (C=O) groups excluding carboxylic acids is 10. The fraction of sp³-hybridized carbons (Fsp3) is 0.560. The van der Waals surface area contributed by atoms with Gasteiger partial charge in [-0.2, -0.15) is 0 Å². The van der Waals surface area contributed by atoms with Gasteiger partial charge in [-0.25, -0.2) is 31.2 Å². The molecule has 2 aromatic rings. The SMILES string of the molecule is CC1(C)S[C@@H]2[C@H](NC(=O)[C@H](NC(=O)C(NC(=O)[C@H](N)c3ccccc3)[C@H]3N[C@@H](C(=O)OCOC(=O)C4N5C(=O)CC5S(=O)(=O)C4(C)C)C(C)(C)S3)c3ccccc3)C(=O)N2[C@H]1C(=O)OCOC(=O)[C@@H]1N2C(=O)C[C@H]2S(=O)(=O)C1(C)C. The standard InChI is InChI=1S/C50H60N8O18S4/c1-47(2)33(43(65)73-21-75-45(67)35-49(5,6)79(69,70)27-19-25(59)56(27)35)55-40(77-47)31(53-37(61)29(51)23-15-11-9-12-16-23)39(63)52-30(24-17-13-10-14-18-24)38(62)54-32-41(64)58-34(48(3,4)78-42(32)58)44(66)74-22-76-46(68)36-50(7,8)80(71,72)28-20-26(60)57(28)36/h9-18,27-36,40,42,55H,19-22,51H2,1-8H3,(H,52,63)(H,53,61)(H,54,62)/t27?,28-,29-,30-,31?,32-,33+,34+,35?,36+,40+,42-/m1/s1. The van der Waals surface area contributed by atoms with Crippen molar-refractivity contribution < 1.29 is 83.7 Å². The number of β-lactam (4-membered cyclic amide) rings is 3. The number of hydrogen-bond acceptors (Lipinski definition) is 22. The van der Waals surface area contributed by atoms with Crippen LogP contribution in [0.3, 0.4) is 0 Å². The number of nitrogens with zero attached hydrogens (tertiary/aromatic N) is 3. The van der Waals surface area contributed by atoms with Crippen molar-refractivity contribution in [3.8, 4) is 0 Å². The molecule has 0 spiro atoms. The summed E-state index contributed by atoms with van der Waals surface area (Å²) >= 11 is 2.20. The van der Waals surface area contributed by atoms with E-state index in [9.17, 15) is 64.8 Å². The molecule has 6 amide bonds. The highest BCUT2D eigenvalue weighted by molar-refractivity contribution is 8.02. The van der Waals surface area contributed by atoms with Crippen LogP contribution >= 0.6 is 23.5 Å². The van der Waals surface area contributed by atoms with Gasteiger partial charge in [0.05, 0.1) is 27.7 Å². The van der Waals surface area contributed by atoms with Crippen molar-refractivity contribution in [3.05, 3.63) is 71.8 Å². The first-order chi connectivity index (χ1) is 37.3. The van der Waals surface area contributed by atoms with Gasteiger partial charge in [0, 0.05) is 9.49 Å². The number of fused-ring (bicyclic) bond motifs is 3. The summed E-state index contributed by atoms with van der Waals surface area (Å²) in [6.45, 7) is 9.85. The van der Waals surface area contributed by atoms with Crippen molar-refractivity contribution in [2.24, 2.45) is 5.73 Å². The van der Waals surface area contributed by atoms with Crippen LogP contribution in [0.25, 0.3) is 0 Å². The topological polar surface area (TPSA) is 360 Å². The number of ether oxygens (including phenoxy) is 4. The van der Waals surface area contributed by atoms with Gasteiger partial charge in [-0.05, 0) is 66.5 Å². The van der Waals surface area contributed by atoms with E-state index in [1.54, 1.807) is 76.2 Å². The molecule has 30 heteroatoms. The molecule has 0 radical (unpaired) electrons. The maximum atomic E-state index is 14.8. The summed E-state index contributed by atoms with van der Waals surface area (Å²) in [5.41, 5.74) is 7.02. The molecule has 3 unspecified atom stereocenters. The number of thioether (sulfide) groups is 2. The van der Waals surface area contributed by atoms with Gasteiger partial charge >= 0.3 is 23.9 Å². The second-order valence-corrected chi connectivity index (χ2v) is 31.3. The molecule has 2 aromatic carbocycles. The fourth-order valence-electron chi connectivity index (χ4n) is 11.2. The highest BCUT2D eigenvalue weighted by Crippen LogP contribution is 2.52. The quantitative estimate of drug-likeness (QED) is 0.0701. The summed E-state index contributed by atoms with van der Waals surface area (Å²) in [6, 6.07) is 4.95. The van der Waals surface area contributed by atoms with Gasteiger partial charge in [0.15, 0.2) is 19.7 Å². The number of esters is 4. The van der Waals surface area contributed by atoms with Crippen molar-refractivity contribution >= 4 is 103 Å². The Kier molecular flexibility index (Phi) is 15.0. The van der Waals surface area contributed by atoms with Crippen LogP contribution in [0.5, 0.6) is 0 Å². The monoisotopic (exact) mass is 1190 g/mol. The van der Waals surface area contributed by atoms with E-state index in [0.29, 0.717) is 5.56 Å². The second kappa shape index (κ2) is 20.6. The number of nitrogens with one attached hydrogen (secondary N) is 4. The van der Waals surface area contributed by atoms with Crippen LogP contribution in [0.2, 0.25) is 0 Å². The van der Waals surface area contributed by atoms with Crippen LogP contribution in [-0.2, 0) is 86.6 Å². The highest BCUT2D eigenvalue weighted by Gasteiger charge is 2.70. The van der Waals surface area contributed by atoms with Crippen molar-refractivity contribution in [1.29, 1.82) is 0 Å². The third kappa shape index (κ3) is 9.54. The number of benzene rings is 2. The summed E-state index contributed by atoms with van der Waals surface area (Å²) in [5.74, 6) is -8.60. The van der Waals surface area contributed by atoms with Crippen LogP contribution in [0.1, 0.15) is 91.4 Å². The third-order valence-electron chi connectivity index (χ3n) is 15.9. The molecule has 7 aliphatic heterocycles. The molecule has 7 fully saturated rings. The van der Waals surface area contributed by atoms with Gasteiger partial charge in [-0.15, -0.1) is 23.5 Å². The van der Waals surface area contributed by atoms with Crippen molar-refractivity contribution in [2.45, 2.75) is 157 Å². The summed E-state index contributed by atoms with van der Waals surface area (Å²) in [6.07, 6.45) is -0.544. The molecule has 0 bridgehead atoms. The number of carbonyl (C=O) groups is 10. The number of rotatable bonds is 17. The molecular weight excluding hydrogens is 1130 g/mol.